The molecule has 0 fully saturated rings. The van der Waals surface area contributed by atoms with Crippen molar-refractivity contribution in [3.8, 4) is 0 Å². The number of methoxy groups -OCH3 is 2. The van der Waals surface area contributed by atoms with Gasteiger partial charge in [-0.1, -0.05) is 0 Å². The van der Waals surface area contributed by atoms with Crippen molar-refractivity contribution in [2.45, 2.75) is 13.0 Å². The minimum Gasteiger partial charge on any atom is -0.467 e. The van der Waals surface area contributed by atoms with E-state index in [-0.39, 0.29) is 24.9 Å². The number of nitrogens with zero attached hydrogens (tertiary/aromatic N) is 1. The number of amides is 2. The highest BCUT2D eigenvalue weighted by Gasteiger charge is 2.22. The number of hydrogen-bond donors (Lipinski definition) is 2. The first-order chi connectivity index (χ1) is 9.40. The molecule has 0 radical (unpaired) electrons. The zero-order valence-corrected chi connectivity index (χ0v) is 12.4. The fourth-order valence-electron chi connectivity index (χ4n) is 1.54. The van der Waals surface area contributed by atoms with Gasteiger partial charge in [0.05, 0.1) is 20.3 Å². The summed E-state index contributed by atoms with van der Waals surface area (Å²) in [5.41, 5.74) is 0. The van der Waals surface area contributed by atoms with Crippen LogP contribution in [0.3, 0.4) is 0 Å². The quantitative estimate of drug-likeness (QED) is 0.390. The second kappa shape index (κ2) is 10.2. The first-order valence-electron chi connectivity index (χ1n) is 6.19. The van der Waals surface area contributed by atoms with E-state index in [4.69, 9.17) is 4.74 Å². The molecule has 0 aromatic heterocycles. The smallest absolute Gasteiger partial charge is 0.329 e. The molecule has 1 atom stereocenters. The molecular weight excluding hydrogens is 266 g/mol. The molecule has 116 valence electrons. The van der Waals surface area contributed by atoms with Crippen LogP contribution in [0.2, 0.25) is 0 Å². The maximum Gasteiger partial charge on any atom is 0.329 e. The van der Waals surface area contributed by atoms with Gasteiger partial charge in [0.25, 0.3) is 0 Å². The molecule has 2 N–H and O–H groups in total. The van der Waals surface area contributed by atoms with Gasteiger partial charge < -0.3 is 20.1 Å². The summed E-state index contributed by atoms with van der Waals surface area (Å²) in [6.45, 7) is 2.47. The van der Waals surface area contributed by atoms with Gasteiger partial charge in [0.1, 0.15) is 6.04 Å². The highest BCUT2D eigenvalue weighted by atomic mass is 16.5. The molecule has 0 aliphatic heterocycles. The van der Waals surface area contributed by atoms with Crippen LogP contribution in [0.25, 0.3) is 0 Å². The number of carbonyl (C=O) groups excluding carboxylic acids is 3. The Morgan fingerprint density at radius 1 is 1.25 bits per heavy atom. The normalized spacial score (nSPS) is 11.8. The fourth-order valence-corrected chi connectivity index (χ4v) is 1.54. The molecule has 0 aromatic rings. The van der Waals surface area contributed by atoms with Crippen LogP contribution in [-0.2, 0) is 23.9 Å². The third-order valence-electron chi connectivity index (χ3n) is 2.40. The summed E-state index contributed by atoms with van der Waals surface area (Å²) in [5.74, 6) is -1.07. The fraction of sp³-hybridized carbons (Fsp3) is 0.750. The van der Waals surface area contributed by atoms with Crippen LogP contribution in [0.4, 0.5) is 0 Å². The van der Waals surface area contributed by atoms with Gasteiger partial charge in [0.2, 0.25) is 11.8 Å². The summed E-state index contributed by atoms with van der Waals surface area (Å²) in [5, 5.41) is 5.14. The van der Waals surface area contributed by atoms with Crippen LogP contribution in [0, 0.1) is 0 Å². The van der Waals surface area contributed by atoms with E-state index in [1.165, 1.54) is 14.0 Å². The lowest BCUT2D eigenvalue weighted by molar-refractivity contribution is -0.145. The van der Waals surface area contributed by atoms with E-state index in [1.54, 1.807) is 19.1 Å². The van der Waals surface area contributed by atoms with Crippen LogP contribution in [0.15, 0.2) is 0 Å². The Labute approximate surface area is 118 Å². The van der Waals surface area contributed by atoms with Crippen molar-refractivity contribution in [2.75, 3.05) is 47.5 Å². The van der Waals surface area contributed by atoms with Gasteiger partial charge in [-0.2, -0.15) is 0 Å². The predicted octanol–water partition coefficient (Wildman–Crippen LogP) is -1.64. The number of carbonyl (C=O) groups is 3. The van der Waals surface area contributed by atoms with Crippen molar-refractivity contribution >= 4 is 17.8 Å². The lowest BCUT2D eigenvalue weighted by Gasteiger charge is -2.22. The average molecular weight is 289 g/mol. The van der Waals surface area contributed by atoms with Crippen molar-refractivity contribution < 1.29 is 23.9 Å². The van der Waals surface area contributed by atoms with E-state index >= 15 is 0 Å². The van der Waals surface area contributed by atoms with Gasteiger partial charge in [-0.25, -0.2) is 4.79 Å². The molecule has 0 saturated carbocycles. The number of esters is 1. The molecule has 8 nitrogen and oxygen atoms in total. The van der Waals surface area contributed by atoms with E-state index in [2.05, 4.69) is 15.4 Å². The maximum atomic E-state index is 11.6. The van der Waals surface area contributed by atoms with Gasteiger partial charge in [-0.05, 0) is 7.05 Å². The maximum absolute atomic E-state index is 11.6. The predicted molar refractivity (Wildman–Crippen MR) is 72.0 cm³/mol. The summed E-state index contributed by atoms with van der Waals surface area (Å²) in [6, 6.07) is -0.797. The Balaban J connectivity index is 4.23. The van der Waals surface area contributed by atoms with E-state index in [9.17, 15) is 14.4 Å². The molecule has 2 amide bonds. The molecule has 0 bridgehead atoms. The minimum absolute atomic E-state index is 0.108. The lowest BCUT2D eigenvalue weighted by atomic mass is 10.2. The first-order valence-corrected chi connectivity index (χ1v) is 6.19. The molecule has 0 aliphatic carbocycles. The van der Waals surface area contributed by atoms with Crippen LogP contribution in [0.5, 0.6) is 0 Å². The number of nitrogens with one attached hydrogen (secondary N) is 2. The van der Waals surface area contributed by atoms with Crippen LogP contribution in [0.1, 0.15) is 6.92 Å². The van der Waals surface area contributed by atoms with Crippen LogP contribution < -0.4 is 10.6 Å². The van der Waals surface area contributed by atoms with E-state index in [0.29, 0.717) is 13.2 Å². The van der Waals surface area contributed by atoms with Crippen molar-refractivity contribution in [1.29, 1.82) is 0 Å². The van der Waals surface area contributed by atoms with E-state index in [1.807, 2.05) is 0 Å². The SMILES string of the molecule is COCCNC(=O)CN(C)CC(NC(C)=O)C(=O)OC. The Morgan fingerprint density at radius 3 is 2.40 bits per heavy atom. The zero-order chi connectivity index (χ0) is 15.5. The number of hydrogen-bond acceptors (Lipinski definition) is 6. The number of ether oxygens (including phenoxy) is 2. The Kier molecular flexibility index (Phi) is 9.31. The van der Waals surface area contributed by atoms with Crippen molar-refractivity contribution in [3.63, 3.8) is 0 Å². The van der Waals surface area contributed by atoms with Gasteiger partial charge in [-0.3, -0.25) is 14.5 Å². The highest BCUT2D eigenvalue weighted by Crippen LogP contribution is 1.93. The van der Waals surface area contributed by atoms with Gasteiger partial charge in [0.15, 0.2) is 0 Å². The van der Waals surface area contributed by atoms with Crippen molar-refractivity contribution in [2.24, 2.45) is 0 Å². The monoisotopic (exact) mass is 289 g/mol. The molecule has 0 spiro atoms. The summed E-state index contributed by atoms with van der Waals surface area (Å²) in [7, 11) is 4.47. The first kappa shape index (κ1) is 18.3. The lowest BCUT2D eigenvalue weighted by Crippen LogP contribution is -2.49. The standard InChI is InChI=1S/C12H23N3O5/c1-9(16)14-10(12(18)20-4)7-15(2)8-11(17)13-5-6-19-3/h10H,5-8H2,1-4H3,(H,13,17)(H,14,16). The summed E-state index contributed by atoms with van der Waals surface area (Å²) < 4.78 is 9.42. The number of likely N-dealkylation sites (N-methyl/N-ethyl adjacent to an activating group) is 1. The second-order valence-electron chi connectivity index (χ2n) is 4.32. The van der Waals surface area contributed by atoms with Gasteiger partial charge >= 0.3 is 5.97 Å². The molecule has 0 heterocycles. The highest BCUT2D eigenvalue weighted by molar-refractivity contribution is 5.83. The Morgan fingerprint density at radius 2 is 1.90 bits per heavy atom. The van der Waals surface area contributed by atoms with E-state index < -0.39 is 12.0 Å². The van der Waals surface area contributed by atoms with Gasteiger partial charge in [-0.15, -0.1) is 0 Å². The third-order valence-corrected chi connectivity index (χ3v) is 2.40. The second-order valence-corrected chi connectivity index (χ2v) is 4.32. The molecular formula is C12H23N3O5. The molecule has 1 unspecified atom stereocenters. The summed E-state index contributed by atoms with van der Waals surface area (Å²) in [4.78, 5) is 35.7. The summed E-state index contributed by atoms with van der Waals surface area (Å²) in [6.07, 6.45) is 0. The molecule has 0 rings (SSSR count). The largest absolute Gasteiger partial charge is 0.467 e. The topological polar surface area (TPSA) is 97.0 Å². The van der Waals surface area contributed by atoms with Crippen molar-refractivity contribution in [1.82, 2.24) is 15.5 Å². The minimum atomic E-state index is -0.797. The Hall–Kier alpha value is -1.67. The molecule has 0 saturated heterocycles. The molecule has 8 heteroatoms. The number of rotatable bonds is 9. The average Bonchev–Trinajstić information content (AvgIpc) is 2.36. The van der Waals surface area contributed by atoms with Crippen LogP contribution in [-0.4, -0.2) is 76.2 Å². The third kappa shape index (κ3) is 8.44. The zero-order valence-electron chi connectivity index (χ0n) is 12.4. The summed E-state index contributed by atoms with van der Waals surface area (Å²) >= 11 is 0. The van der Waals surface area contributed by atoms with Crippen molar-refractivity contribution in [3.05, 3.63) is 0 Å². The van der Waals surface area contributed by atoms with E-state index in [0.717, 1.165) is 0 Å². The molecule has 0 aliphatic rings. The Bertz CT molecular complexity index is 335. The van der Waals surface area contributed by atoms with Gasteiger partial charge in [0, 0.05) is 27.1 Å². The molecule has 20 heavy (non-hydrogen) atoms. The van der Waals surface area contributed by atoms with Crippen LogP contribution >= 0.6 is 0 Å². The molecule has 0 aromatic carbocycles.